The summed E-state index contributed by atoms with van der Waals surface area (Å²) in [6.45, 7) is 7.29. The second-order valence-corrected chi connectivity index (χ2v) is 1.06. The van der Waals surface area contributed by atoms with Crippen molar-refractivity contribution in [1.29, 1.82) is 0 Å². The SMILES string of the molecule is [CH]=CC(=O)NCC. The molecule has 0 bridgehead atoms. The highest BCUT2D eigenvalue weighted by Crippen LogP contribution is 1.61. The molecule has 0 unspecified atom stereocenters. The Kier molecular flexibility index (Phi) is 3.02. The van der Waals surface area contributed by atoms with Crippen LogP contribution in [0, 0.1) is 6.58 Å². The average molecular weight is 98.1 g/mol. The number of rotatable bonds is 2. The molecule has 2 nitrogen and oxygen atoms in total. The predicted octanol–water partition coefficient (Wildman–Crippen LogP) is 0.112. The Balaban J connectivity index is 3.17. The third-order valence-corrected chi connectivity index (χ3v) is 0.502. The van der Waals surface area contributed by atoms with Gasteiger partial charge in [0.05, 0.1) is 0 Å². The van der Waals surface area contributed by atoms with Crippen molar-refractivity contribution in [3.8, 4) is 0 Å². The molecule has 7 heavy (non-hydrogen) atoms. The van der Waals surface area contributed by atoms with E-state index in [1.807, 2.05) is 6.92 Å². The van der Waals surface area contributed by atoms with Crippen LogP contribution in [0.5, 0.6) is 0 Å². The highest BCUT2D eigenvalue weighted by molar-refractivity contribution is 5.86. The highest BCUT2D eigenvalue weighted by atomic mass is 16.1. The molecule has 0 heterocycles. The molecule has 0 fully saturated rings. The lowest BCUT2D eigenvalue weighted by molar-refractivity contribution is -0.116. The summed E-state index contributed by atoms with van der Waals surface area (Å²) in [5, 5.41) is 2.48. The minimum absolute atomic E-state index is 0.220. The lowest BCUT2D eigenvalue weighted by Gasteiger charge is -1.90. The van der Waals surface area contributed by atoms with Crippen LogP contribution >= 0.6 is 0 Å². The molecule has 0 rings (SSSR count). The standard InChI is InChI=1S/C5H8NO/c1-3-5(7)6-4-2/h1,3H,4H2,2H3,(H,6,7). The number of carbonyl (C=O) groups is 1. The maximum absolute atomic E-state index is 10.1. The van der Waals surface area contributed by atoms with Crippen molar-refractivity contribution in [2.24, 2.45) is 0 Å². The summed E-state index contributed by atoms with van der Waals surface area (Å²) in [6.07, 6.45) is 1.00. The molecule has 0 saturated heterocycles. The average Bonchev–Trinajstić information content (AvgIpc) is 1.68. The van der Waals surface area contributed by atoms with Crippen LogP contribution in [0.2, 0.25) is 0 Å². The molecular weight excluding hydrogens is 90.1 g/mol. The Bertz CT molecular complexity index is 78.1. The first kappa shape index (κ1) is 6.21. The van der Waals surface area contributed by atoms with E-state index in [0.29, 0.717) is 6.54 Å². The summed E-state index contributed by atoms with van der Waals surface area (Å²) >= 11 is 0. The maximum Gasteiger partial charge on any atom is 0.243 e. The minimum Gasteiger partial charge on any atom is -0.353 e. The lowest BCUT2D eigenvalue weighted by Crippen LogP contribution is -2.19. The van der Waals surface area contributed by atoms with Crippen LogP contribution in [0.1, 0.15) is 6.92 Å². The summed E-state index contributed by atoms with van der Waals surface area (Å²) in [5.41, 5.74) is 0. The third kappa shape index (κ3) is 3.03. The first-order chi connectivity index (χ1) is 3.31. The van der Waals surface area contributed by atoms with Gasteiger partial charge in [0, 0.05) is 12.6 Å². The maximum atomic E-state index is 10.1. The normalized spacial score (nSPS) is 7.57. The van der Waals surface area contributed by atoms with Crippen molar-refractivity contribution in [2.45, 2.75) is 6.92 Å². The van der Waals surface area contributed by atoms with Crippen molar-refractivity contribution < 1.29 is 4.79 Å². The number of nitrogens with one attached hydrogen (secondary N) is 1. The Morgan fingerprint density at radius 1 is 2.00 bits per heavy atom. The smallest absolute Gasteiger partial charge is 0.243 e. The fourth-order valence-electron chi connectivity index (χ4n) is 0.233. The summed E-state index contributed by atoms with van der Waals surface area (Å²) in [5.74, 6) is -0.220. The number of hydrogen-bond acceptors (Lipinski definition) is 1. The van der Waals surface area contributed by atoms with Crippen molar-refractivity contribution in [3.63, 3.8) is 0 Å². The molecule has 0 aliphatic rings. The Labute approximate surface area is 43.2 Å². The van der Waals surface area contributed by atoms with Crippen LogP contribution in [0.4, 0.5) is 0 Å². The molecule has 1 N–H and O–H groups in total. The van der Waals surface area contributed by atoms with Gasteiger partial charge >= 0.3 is 0 Å². The molecule has 1 amide bonds. The summed E-state index contributed by atoms with van der Waals surface area (Å²) in [4.78, 5) is 10.1. The van der Waals surface area contributed by atoms with Gasteiger partial charge in [-0.15, -0.1) is 0 Å². The van der Waals surface area contributed by atoms with Gasteiger partial charge in [0.25, 0.3) is 0 Å². The first-order valence-corrected chi connectivity index (χ1v) is 2.14. The fraction of sp³-hybridized carbons (Fsp3) is 0.400. The van der Waals surface area contributed by atoms with E-state index in [1.165, 1.54) is 0 Å². The lowest BCUT2D eigenvalue weighted by atomic mass is 10.6. The number of likely N-dealkylation sites (N-methyl/N-ethyl adjacent to an activating group) is 1. The molecule has 0 spiro atoms. The van der Waals surface area contributed by atoms with Crippen LogP contribution in [-0.2, 0) is 4.79 Å². The van der Waals surface area contributed by atoms with Crippen molar-refractivity contribution in [3.05, 3.63) is 12.7 Å². The van der Waals surface area contributed by atoms with Gasteiger partial charge in [-0.3, -0.25) is 4.79 Å². The highest BCUT2D eigenvalue weighted by Gasteiger charge is 1.83. The summed E-state index contributed by atoms with van der Waals surface area (Å²) < 4.78 is 0. The van der Waals surface area contributed by atoms with Gasteiger partial charge < -0.3 is 5.32 Å². The summed E-state index contributed by atoms with van der Waals surface area (Å²) in [6, 6.07) is 0. The van der Waals surface area contributed by atoms with Crippen LogP contribution < -0.4 is 5.32 Å². The predicted molar refractivity (Wildman–Crippen MR) is 27.6 cm³/mol. The van der Waals surface area contributed by atoms with E-state index in [2.05, 4.69) is 5.32 Å². The molecule has 0 aliphatic carbocycles. The largest absolute Gasteiger partial charge is 0.353 e. The van der Waals surface area contributed by atoms with Gasteiger partial charge in [-0.1, -0.05) is 6.58 Å². The van der Waals surface area contributed by atoms with E-state index in [4.69, 9.17) is 6.58 Å². The Hall–Kier alpha value is -0.790. The van der Waals surface area contributed by atoms with Crippen LogP contribution in [0.15, 0.2) is 6.08 Å². The molecule has 0 aromatic rings. The van der Waals surface area contributed by atoms with Crippen molar-refractivity contribution in [1.82, 2.24) is 5.32 Å². The minimum atomic E-state index is -0.220. The molecule has 1 radical (unpaired) electrons. The molecular formula is C5H8NO. The van der Waals surface area contributed by atoms with Gasteiger partial charge in [-0.25, -0.2) is 0 Å². The van der Waals surface area contributed by atoms with E-state index in [0.717, 1.165) is 6.08 Å². The zero-order valence-corrected chi connectivity index (χ0v) is 4.27. The molecule has 0 atom stereocenters. The quantitative estimate of drug-likeness (QED) is 0.488. The van der Waals surface area contributed by atoms with Gasteiger partial charge in [0.15, 0.2) is 0 Å². The number of carbonyl (C=O) groups excluding carboxylic acids is 1. The molecule has 0 saturated carbocycles. The van der Waals surface area contributed by atoms with E-state index in [9.17, 15) is 4.79 Å². The van der Waals surface area contributed by atoms with E-state index < -0.39 is 0 Å². The topological polar surface area (TPSA) is 29.1 Å². The molecule has 0 aliphatic heterocycles. The van der Waals surface area contributed by atoms with Crippen molar-refractivity contribution >= 4 is 5.91 Å². The molecule has 2 heteroatoms. The van der Waals surface area contributed by atoms with Crippen LogP contribution in [-0.4, -0.2) is 12.5 Å². The second kappa shape index (κ2) is 3.40. The van der Waals surface area contributed by atoms with Crippen LogP contribution in [0.25, 0.3) is 0 Å². The zero-order chi connectivity index (χ0) is 5.70. The van der Waals surface area contributed by atoms with Gasteiger partial charge in [-0.05, 0) is 6.92 Å². The molecule has 0 aromatic carbocycles. The van der Waals surface area contributed by atoms with Crippen LogP contribution in [0.3, 0.4) is 0 Å². The van der Waals surface area contributed by atoms with Crippen molar-refractivity contribution in [2.75, 3.05) is 6.54 Å². The zero-order valence-electron chi connectivity index (χ0n) is 4.27. The summed E-state index contributed by atoms with van der Waals surface area (Å²) in [7, 11) is 0. The molecule has 39 valence electrons. The van der Waals surface area contributed by atoms with Gasteiger partial charge in [0.1, 0.15) is 0 Å². The number of hydrogen-bond donors (Lipinski definition) is 1. The molecule has 0 aromatic heterocycles. The number of amides is 1. The van der Waals surface area contributed by atoms with Gasteiger partial charge in [0.2, 0.25) is 5.91 Å². The fourth-order valence-corrected chi connectivity index (χ4v) is 0.233. The van der Waals surface area contributed by atoms with E-state index >= 15 is 0 Å². The second-order valence-electron chi connectivity index (χ2n) is 1.06. The Morgan fingerprint density at radius 2 is 2.57 bits per heavy atom. The van der Waals surface area contributed by atoms with E-state index in [-0.39, 0.29) is 5.91 Å². The first-order valence-electron chi connectivity index (χ1n) is 2.14. The monoisotopic (exact) mass is 98.1 g/mol. The van der Waals surface area contributed by atoms with E-state index in [1.54, 1.807) is 0 Å². The van der Waals surface area contributed by atoms with Gasteiger partial charge in [-0.2, -0.15) is 0 Å². The Morgan fingerprint density at radius 3 is 2.71 bits per heavy atom. The third-order valence-electron chi connectivity index (χ3n) is 0.502.